The van der Waals surface area contributed by atoms with Crippen LogP contribution in [0.3, 0.4) is 0 Å². The van der Waals surface area contributed by atoms with Crippen molar-refractivity contribution in [3.05, 3.63) is 15.6 Å². The molecule has 3 nitrogen and oxygen atoms in total. The molecule has 1 atom stereocenters. The van der Waals surface area contributed by atoms with Crippen LogP contribution in [0, 0.1) is 13.8 Å². The average molecular weight is 251 g/mol. The number of rotatable bonds is 3. The molecule has 1 saturated heterocycles. The molecular weight excluding hydrogens is 230 g/mol. The highest BCUT2D eigenvalue weighted by Crippen LogP contribution is 2.39. The summed E-state index contributed by atoms with van der Waals surface area (Å²) < 4.78 is 0. The molecule has 0 bridgehead atoms. The molecule has 1 unspecified atom stereocenters. The van der Waals surface area contributed by atoms with Crippen molar-refractivity contribution in [2.75, 3.05) is 20.1 Å². The molecule has 2 heterocycles. The number of hydrogen-bond acceptors (Lipinski definition) is 4. The second-order valence-electron chi connectivity index (χ2n) is 5.44. The summed E-state index contributed by atoms with van der Waals surface area (Å²) in [6, 6.07) is 0.868. The number of hydrogen-bond donors (Lipinski definition) is 1. The topological polar surface area (TPSA) is 28.2 Å². The van der Waals surface area contributed by atoms with Gasteiger partial charge in [0.1, 0.15) is 5.01 Å². The monoisotopic (exact) mass is 251 g/mol. The molecule has 1 N–H and O–H groups in total. The largest absolute Gasteiger partial charge is 0.307 e. The van der Waals surface area contributed by atoms with E-state index in [1.54, 1.807) is 0 Å². The maximum atomic E-state index is 4.78. The lowest BCUT2D eigenvalue weighted by Crippen LogP contribution is -2.43. The van der Waals surface area contributed by atoms with E-state index >= 15 is 0 Å². The Balaban J connectivity index is 1.86. The molecule has 0 amide bonds. The van der Waals surface area contributed by atoms with E-state index < -0.39 is 0 Å². The molecule has 1 aliphatic carbocycles. The third-order valence-electron chi connectivity index (χ3n) is 4.28. The smallest absolute Gasteiger partial charge is 0.115 e. The summed E-state index contributed by atoms with van der Waals surface area (Å²) in [6.45, 7) is 6.66. The van der Waals surface area contributed by atoms with Gasteiger partial charge in [0.2, 0.25) is 0 Å². The fourth-order valence-corrected chi connectivity index (χ4v) is 3.88. The molecule has 4 heteroatoms. The van der Waals surface area contributed by atoms with Gasteiger partial charge in [-0.1, -0.05) is 0 Å². The number of thiazole rings is 1. The predicted octanol–water partition coefficient (Wildman–Crippen LogP) is 2.04. The number of likely N-dealkylation sites (tertiary alicyclic amines) is 1. The predicted molar refractivity (Wildman–Crippen MR) is 71.5 cm³/mol. The summed E-state index contributed by atoms with van der Waals surface area (Å²) in [5.74, 6) is 0. The van der Waals surface area contributed by atoms with E-state index in [9.17, 15) is 0 Å². The van der Waals surface area contributed by atoms with Crippen molar-refractivity contribution in [2.24, 2.45) is 0 Å². The SMILES string of the molecule is CNC1(c2nc(C)c(C)s2)CCN(C2CC2)C1. The van der Waals surface area contributed by atoms with Gasteiger partial charge < -0.3 is 5.32 Å². The van der Waals surface area contributed by atoms with Crippen molar-refractivity contribution in [2.45, 2.75) is 44.7 Å². The van der Waals surface area contributed by atoms with Gasteiger partial charge in [-0.05, 0) is 40.2 Å². The molecular formula is C13H21N3S. The Bertz CT molecular complexity index is 405. The number of nitrogens with zero attached hydrogens (tertiary/aromatic N) is 2. The first kappa shape index (κ1) is 11.6. The molecule has 0 spiro atoms. The van der Waals surface area contributed by atoms with E-state index in [4.69, 9.17) is 4.98 Å². The molecule has 94 valence electrons. The van der Waals surface area contributed by atoms with Gasteiger partial charge in [-0.3, -0.25) is 4.90 Å². The van der Waals surface area contributed by atoms with Crippen LogP contribution < -0.4 is 5.32 Å². The maximum Gasteiger partial charge on any atom is 0.115 e. The van der Waals surface area contributed by atoms with E-state index in [0.717, 1.165) is 12.6 Å². The van der Waals surface area contributed by atoms with Crippen LogP contribution in [0.5, 0.6) is 0 Å². The van der Waals surface area contributed by atoms with Crippen LogP contribution in [0.25, 0.3) is 0 Å². The fourth-order valence-electron chi connectivity index (χ4n) is 2.75. The lowest BCUT2D eigenvalue weighted by atomic mass is 10.00. The van der Waals surface area contributed by atoms with Crippen LogP contribution in [0.4, 0.5) is 0 Å². The highest BCUT2D eigenvalue weighted by molar-refractivity contribution is 7.11. The Morgan fingerprint density at radius 2 is 2.18 bits per heavy atom. The van der Waals surface area contributed by atoms with Crippen molar-refractivity contribution < 1.29 is 0 Å². The van der Waals surface area contributed by atoms with E-state index in [1.165, 1.54) is 41.4 Å². The zero-order valence-electron chi connectivity index (χ0n) is 10.9. The highest BCUT2D eigenvalue weighted by atomic mass is 32.1. The Kier molecular flexibility index (Phi) is 2.76. The second-order valence-corrected chi connectivity index (χ2v) is 6.65. The van der Waals surface area contributed by atoms with Gasteiger partial charge in [-0.2, -0.15) is 0 Å². The number of nitrogens with one attached hydrogen (secondary N) is 1. The maximum absolute atomic E-state index is 4.78. The minimum absolute atomic E-state index is 0.117. The van der Waals surface area contributed by atoms with Crippen LogP contribution in [0.2, 0.25) is 0 Å². The van der Waals surface area contributed by atoms with Gasteiger partial charge in [0, 0.05) is 24.0 Å². The summed E-state index contributed by atoms with van der Waals surface area (Å²) >= 11 is 1.87. The van der Waals surface area contributed by atoms with Crippen LogP contribution in [-0.4, -0.2) is 36.1 Å². The van der Waals surface area contributed by atoms with E-state index in [0.29, 0.717) is 0 Å². The van der Waals surface area contributed by atoms with Gasteiger partial charge >= 0.3 is 0 Å². The van der Waals surface area contributed by atoms with Crippen LogP contribution in [-0.2, 0) is 5.54 Å². The quantitative estimate of drug-likeness (QED) is 0.891. The first-order valence-electron chi connectivity index (χ1n) is 6.52. The third-order valence-corrected chi connectivity index (χ3v) is 5.56. The van der Waals surface area contributed by atoms with Gasteiger partial charge in [-0.25, -0.2) is 4.98 Å². The summed E-state index contributed by atoms with van der Waals surface area (Å²) in [5, 5.41) is 4.84. The normalized spacial score (nSPS) is 30.1. The molecule has 3 rings (SSSR count). The summed E-state index contributed by atoms with van der Waals surface area (Å²) in [5.41, 5.74) is 1.32. The molecule has 0 aromatic carbocycles. The molecule has 0 radical (unpaired) electrons. The van der Waals surface area contributed by atoms with Crippen molar-refractivity contribution >= 4 is 11.3 Å². The first-order valence-corrected chi connectivity index (χ1v) is 7.34. The zero-order valence-corrected chi connectivity index (χ0v) is 11.7. The summed E-state index contributed by atoms with van der Waals surface area (Å²) in [4.78, 5) is 8.78. The highest BCUT2D eigenvalue weighted by Gasteiger charge is 2.45. The van der Waals surface area contributed by atoms with Gasteiger partial charge in [0.25, 0.3) is 0 Å². The van der Waals surface area contributed by atoms with Gasteiger partial charge in [-0.15, -0.1) is 11.3 Å². The van der Waals surface area contributed by atoms with Crippen molar-refractivity contribution in [3.63, 3.8) is 0 Å². The minimum atomic E-state index is 0.117. The Morgan fingerprint density at radius 1 is 1.41 bits per heavy atom. The first-order chi connectivity index (χ1) is 8.14. The van der Waals surface area contributed by atoms with Crippen LogP contribution in [0.15, 0.2) is 0 Å². The molecule has 1 aliphatic heterocycles. The van der Waals surface area contributed by atoms with Gasteiger partial charge in [0.05, 0.1) is 11.2 Å². The summed E-state index contributed by atoms with van der Waals surface area (Å²) in [6.07, 6.45) is 4.00. The van der Waals surface area contributed by atoms with E-state index in [1.807, 2.05) is 11.3 Å². The lowest BCUT2D eigenvalue weighted by Gasteiger charge is -2.27. The Hall–Kier alpha value is -0.450. The van der Waals surface area contributed by atoms with E-state index in [-0.39, 0.29) is 5.54 Å². The van der Waals surface area contributed by atoms with Crippen molar-refractivity contribution in [3.8, 4) is 0 Å². The molecule has 2 aliphatic rings. The summed E-state index contributed by atoms with van der Waals surface area (Å²) in [7, 11) is 2.09. The van der Waals surface area contributed by atoms with E-state index in [2.05, 4.69) is 31.1 Å². The average Bonchev–Trinajstić information content (AvgIpc) is 2.99. The van der Waals surface area contributed by atoms with Crippen molar-refractivity contribution in [1.29, 1.82) is 0 Å². The number of aromatic nitrogens is 1. The molecule has 17 heavy (non-hydrogen) atoms. The molecule has 2 fully saturated rings. The van der Waals surface area contributed by atoms with Crippen molar-refractivity contribution in [1.82, 2.24) is 15.2 Å². The zero-order chi connectivity index (χ0) is 12.0. The van der Waals surface area contributed by atoms with Crippen LogP contribution >= 0.6 is 11.3 Å². The Labute approximate surface area is 107 Å². The number of aryl methyl sites for hydroxylation is 2. The van der Waals surface area contributed by atoms with Gasteiger partial charge in [0.15, 0.2) is 0 Å². The Morgan fingerprint density at radius 3 is 2.71 bits per heavy atom. The minimum Gasteiger partial charge on any atom is -0.307 e. The molecule has 1 saturated carbocycles. The standard InChI is InChI=1S/C13H21N3S/c1-9-10(2)17-12(15-9)13(14-3)6-7-16(8-13)11-4-5-11/h11,14H,4-8H2,1-3H3. The lowest BCUT2D eigenvalue weighted by molar-refractivity contribution is 0.283. The number of likely N-dealkylation sites (N-methyl/N-ethyl adjacent to an activating group) is 1. The van der Waals surface area contributed by atoms with Crippen LogP contribution in [0.1, 0.15) is 34.8 Å². The second kappa shape index (κ2) is 4.04. The molecule has 1 aromatic rings. The molecule has 1 aromatic heterocycles. The fraction of sp³-hybridized carbons (Fsp3) is 0.769. The third kappa shape index (κ3) is 1.92.